The molecule has 0 saturated carbocycles. The van der Waals surface area contributed by atoms with Crippen molar-refractivity contribution in [3.05, 3.63) is 60.2 Å². The van der Waals surface area contributed by atoms with Gasteiger partial charge in [-0.3, -0.25) is 14.4 Å². The Labute approximate surface area is 172 Å². The summed E-state index contributed by atoms with van der Waals surface area (Å²) >= 11 is 0. The summed E-state index contributed by atoms with van der Waals surface area (Å²) in [5, 5.41) is 2.80. The summed E-state index contributed by atoms with van der Waals surface area (Å²) in [5.41, 5.74) is 8.68. The molecular weight excluding hydrogens is 364 g/mol. The first-order valence-electron chi connectivity index (χ1n) is 10.2. The molecule has 0 aliphatic carbocycles. The summed E-state index contributed by atoms with van der Waals surface area (Å²) in [7, 11) is 0. The van der Waals surface area contributed by atoms with Crippen LogP contribution in [0, 0.1) is 5.92 Å². The van der Waals surface area contributed by atoms with Crippen molar-refractivity contribution in [2.45, 2.75) is 52.0 Å². The number of carbonyl (C=O) groups is 3. The molecule has 5 heteroatoms. The molecule has 154 valence electrons. The van der Waals surface area contributed by atoms with E-state index in [0.717, 1.165) is 16.7 Å². The quantitative estimate of drug-likeness (QED) is 0.610. The summed E-state index contributed by atoms with van der Waals surface area (Å²) in [6.45, 7) is 3.67. The average Bonchev–Trinajstić information content (AvgIpc) is 2.74. The van der Waals surface area contributed by atoms with Crippen molar-refractivity contribution in [2.75, 3.05) is 0 Å². The van der Waals surface area contributed by atoms with Crippen LogP contribution in [-0.2, 0) is 20.8 Å². The molecule has 2 aromatic rings. The summed E-state index contributed by atoms with van der Waals surface area (Å²) in [6.07, 6.45) is 1.99. The minimum absolute atomic E-state index is 0.0750. The molecule has 2 rings (SSSR count). The first kappa shape index (κ1) is 22.3. The number of rotatable bonds is 11. The van der Waals surface area contributed by atoms with E-state index in [0.29, 0.717) is 25.7 Å². The lowest BCUT2D eigenvalue weighted by atomic mass is 9.94. The number of hydrogen-bond donors (Lipinski definition) is 2. The lowest BCUT2D eigenvalue weighted by Gasteiger charge is -2.18. The molecule has 0 aliphatic heterocycles. The minimum Gasteiger partial charge on any atom is -0.369 e. The van der Waals surface area contributed by atoms with Crippen LogP contribution in [0.2, 0.25) is 0 Å². The normalized spacial score (nSPS) is 12.8. The smallest absolute Gasteiger partial charge is 0.220 e. The molecule has 0 heterocycles. The van der Waals surface area contributed by atoms with E-state index >= 15 is 0 Å². The number of carbonyl (C=O) groups excluding carboxylic acids is 3. The summed E-state index contributed by atoms with van der Waals surface area (Å²) in [5.74, 6) is -1.25. The molecule has 0 bridgehead atoms. The van der Waals surface area contributed by atoms with Gasteiger partial charge in [-0.1, -0.05) is 68.4 Å². The highest BCUT2D eigenvalue weighted by Gasteiger charge is 2.24. The predicted molar refractivity (Wildman–Crippen MR) is 115 cm³/mol. The molecule has 0 spiro atoms. The van der Waals surface area contributed by atoms with Crippen molar-refractivity contribution in [1.82, 2.24) is 5.32 Å². The van der Waals surface area contributed by atoms with E-state index in [4.69, 9.17) is 5.73 Å². The first-order valence-corrected chi connectivity index (χ1v) is 10.2. The number of nitrogens with one attached hydrogen (secondary N) is 1. The second kappa shape index (κ2) is 11.1. The average molecular weight is 395 g/mol. The number of benzene rings is 2. The maximum absolute atomic E-state index is 12.4. The van der Waals surface area contributed by atoms with Crippen molar-refractivity contribution in [3.8, 4) is 11.1 Å². The van der Waals surface area contributed by atoms with Crippen molar-refractivity contribution in [1.29, 1.82) is 0 Å². The third-order valence-corrected chi connectivity index (χ3v) is 5.18. The second-order valence-corrected chi connectivity index (χ2v) is 7.27. The molecule has 0 unspecified atom stereocenters. The van der Waals surface area contributed by atoms with Gasteiger partial charge in [-0.2, -0.15) is 0 Å². The van der Waals surface area contributed by atoms with Crippen molar-refractivity contribution < 1.29 is 14.4 Å². The highest BCUT2D eigenvalue weighted by atomic mass is 16.2. The van der Waals surface area contributed by atoms with Gasteiger partial charge in [0.25, 0.3) is 0 Å². The Kier molecular flexibility index (Phi) is 8.59. The van der Waals surface area contributed by atoms with Gasteiger partial charge in [-0.25, -0.2) is 0 Å². The molecule has 2 atom stereocenters. The van der Waals surface area contributed by atoms with Crippen molar-refractivity contribution >= 4 is 17.6 Å². The fourth-order valence-corrected chi connectivity index (χ4v) is 3.26. The Balaban J connectivity index is 1.86. The SMILES string of the molecule is CC[C@H](CC(=O)[C@H](CC)NC(=O)CCc1ccc(-c2ccccc2)cc1)C(N)=O. The van der Waals surface area contributed by atoms with Crippen LogP contribution < -0.4 is 11.1 Å². The lowest BCUT2D eigenvalue weighted by Crippen LogP contribution is -2.42. The van der Waals surface area contributed by atoms with E-state index in [9.17, 15) is 14.4 Å². The fraction of sp³-hybridized carbons (Fsp3) is 0.375. The molecule has 5 nitrogen and oxygen atoms in total. The van der Waals surface area contributed by atoms with Gasteiger partial charge in [-0.05, 0) is 36.0 Å². The van der Waals surface area contributed by atoms with E-state index in [1.807, 2.05) is 44.2 Å². The van der Waals surface area contributed by atoms with E-state index < -0.39 is 17.9 Å². The third kappa shape index (κ3) is 6.86. The zero-order chi connectivity index (χ0) is 21.2. The monoisotopic (exact) mass is 394 g/mol. The number of Topliss-reactive ketones (excluding diaryl/α,β-unsaturated/α-hetero) is 1. The standard InChI is InChI=1S/C24H30N2O3/c1-3-18(24(25)29)16-22(27)21(4-2)26-23(28)15-12-17-10-13-20(14-11-17)19-8-6-5-7-9-19/h5-11,13-14,18,21H,3-4,12,15-16H2,1-2H3,(H2,25,29)(H,26,28)/t18-,21+/m1/s1. The molecule has 0 fully saturated rings. The van der Waals surface area contributed by atoms with E-state index in [1.165, 1.54) is 0 Å². The van der Waals surface area contributed by atoms with Gasteiger partial charge in [0, 0.05) is 18.8 Å². The largest absolute Gasteiger partial charge is 0.369 e. The third-order valence-electron chi connectivity index (χ3n) is 5.18. The highest BCUT2D eigenvalue weighted by molar-refractivity contribution is 5.92. The van der Waals surface area contributed by atoms with E-state index in [-0.39, 0.29) is 18.1 Å². The number of aryl methyl sites for hydroxylation is 1. The van der Waals surface area contributed by atoms with Crippen LogP contribution in [0.3, 0.4) is 0 Å². The van der Waals surface area contributed by atoms with Crippen LogP contribution >= 0.6 is 0 Å². The zero-order valence-corrected chi connectivity index (χ0v) is 17.2. The minimum atomic E-state index is -0.573. The lowest BCUT2D eigenvalue weighted by molar-refractivity contribution is -0.130. The molecule has 2 aromatic carbocycles. The number of amides is 2. The number of ketones is 1. The molecule has 0 aromatic heterocycles. The van der Waals surface area contributed by atoms with Crippen LogP contribution in [0.1, 0.15) is 45.1 Å². The molecule has 0 aliphatic rings. The summed E-state index contributed by atoms with van der Waals surface area (Å²) in [6, 6.07) is 17.7. The van der Waals surface area contributed by atoms with Gasteiger partial charge in [0.05, 0.1) is 6.04 Å². The van der Waals surface area contributed by atoms with Crippen LogP contribution in [0.5, 0.6) is 0 Å². The van der Waals surface area contributed by atoms with Gasteiger partial charge in [0.2, 0.25) is 11.8 Å². The Bertz CT molecular complexity index is 816. The number of hydrogen-bond acceptors (Lipinski definition) is 3. The summed E-state index contributed by atoms with van der Waals surface area (Å²) in [4.78, 5) is 36.1. The predicted octanol–water partition coefficient (Wildman–Crippen LogP) is 3.65. The van der Waals surface area contributed by atoms with Crippen molar-refractivity contribution in [2.24, 2.45) is 11.7 Å². The molecule has 0 saturated heterocycles. The van der Waals surface area contributed by atoms with Gasteiger partial charge >= 0.3 is 0 Å². The first-order chi connectivity index (χ1) is 13.9. The molecule has 3 N–H and O–H groups in total. The van der Waals surface area contributed by atoms with Crippen molar-refractivity contribution in [3.63, 3.8) is 0 Å². The molecule has 2 amide bonds. The van der Waals surface area contributed by atoms with Crippen LogP contribution in [-0.4, -0.2) is 23.6 Å². The topological polar surface area (TPSA) is 89.3 Å². The fourth-order valence-electron chi connectivity index (χ4n) is 3.26. The Morgan fingerprint density at radius 1 is 0.897 bits per heavy atom. The number of nitrogens with two attached hydrogens (primary N) is 1. The van der Waals surface area contributed by atoms with Gasteiger partial charge in [0.15, 0.2) is 5.78 Å². The molecule has 0 radical (unpaired) electrons. The summed E-state index contributed by atoms with van der Waals surface area (Å²) < 4.78 is 0. The second-order valence-electron chi connectivity index (χ2n) is 7.27. The maximum Gasteiger partial charge on any atom is 0.220 e. The highest BCUT2D eigenvalue weighted by Crippen LogP contribution is 2.19. The van der Waals surface area contributed by atoms with Gasteiger partial charge in [0.1, 0.15) is 0 Å². The van der Waals surface area contributed by atoms with Crippen LogP contribution in [0.4, 0.5) is 0 Å². The molecular formula is C24H30N2O3. The van der Waals surface area contributed by atoms with E-state index in [2.05, 4.69) is 29.6 Å². The Morgan fingerprint density at radius 3 is 2.07 bits per heavy atom. The van der Waals surface area contributed by atoms with Crippen LogP contribution in [0.25, 0.3) is 11.1 Å². The van der Waals surface area contributed by atoms with Crippen LogP contribution in [0.15, 0.2) is 54.6 Å². The zero-order valence-electron chi connectivity index (χ0n) is 17.2. The maximum atomic E-state index is 12.4. The Morgan fingerprint density at radius 2 is 1.52 bits per heavy atom. The Hall–Kier alpha value is -2.95. The van der Waals surface area contributed by atoms with Gasteiger partial charge in [-0.15, -0.1) is 0 Å². The van der Waals surface area contributed by atoms with Gasteiger partial charge < -0.3 is 11.1 Å². The molecule has 29 heavy (non-hydrogen) atoms. The van der Waals surface area contributed by atoms with E-state index in [1.54, 1.807) is 0 Å². The number of primary amides is 1.